The number of anilines is 1. The Balaban J connectivity index is 1.58. The average molecular weight is 477 g/mol. The number of carboxylic acid groups (broad SMARTS) is 1. The van der Waals surface area contributed by atoms with E-state index in [2.05, 4.69) is 12.2 Å². The van der Waals surface area contributed by atoms with E-state index in [-0.39, 0.29) is 25.1 Å². The first-order valence-electron chi connectivity index (χ1n) is 12.4. The molecule has 7 nitrogen and oxygen atoms in total. The Morgan fingerprint density at radius 2 is 1.86 bits per heavy atom. The zero-order valence-corrected chi connectivity index (χ0v) is 20.0. The maximum Gasteiger partial charge on any atom is 0.414 e. The summed E-state index contributed by atoms with van der Waals surface area (Å²) >= 11 is 0. The van der Waals surface area contributed by atoms with Crippen molar-refractivity contribution in [3.05, 3.63) is 65.7 Å². The SMILES string of the molecule is CC12CCCC1N(C(=O)OCc1ccccc1)c1ccccc1C2C(CC=O)(NC1CC1)C(=O)O. The van der Waals surface area contributed by atoms with Crippen molar-refractivity contribution in [2.24, 2.45) is 5.41 Å². The van der Waals surface area contributed by atoms with Gasteiger partial charge in [-0.15, -0.1) is 0 Å². The molecule has 0 saturated heterocycles. The van der Waals surface area contributed by atoms with E-state index < -0.39 is 28.9 Å². The smallest absolute Gasteiger partial charge is 0.414 e. The molecule has 184 valence electrons. The first kappa shape index (κ1) is 23.5. The molecule has 2 aromatic carbocycles. The molecule has 0 radical (unpaired) electrons. The highest BCUT2D eigenvalue weighted by Gasteiger charge is 2.63. The summed E-state index contributed by atoms with van der Waals surface area (Å²) in [4.78, 5) is 40.1. The van der Waals surface area contributed by atoms with Gasteiger partial charge in [-0.2, -0.15) is 0 Å². The Kier molecular flexibility index (Phi) is 6.13. The number of aldehydes is 1. The molecule has 7 heteroatoms. The predicted octanol–water partition coefficient (Wildman–Crippen LogP) is 4.65. The standard InChI is InChI=1S/C28H32N2O5/c1-27-15-7-12-23(27)30(26(34)35-18-19-8-3-2-4-9-19)22-11-6-5-10-21(22)24(27)28(16-17-31,25(32)33)29-20-13-14-20/h2-6,8-11,17,20,23-24,29H,7,12-16,18H2,1H3,(H,32,33). The molecule has 2 aliphatic carbocycles. The molecule has 2 saturated carbocycles. The summed E-state index contributed by atoms with van der Waals surface area (Å²) in [6, 6.07) is 16.9. The van der Waals surface area contributed by atoms with Crippen LogP contribution in [-0.2, 0) is 20.9 Å². The van der Waals surface area contributed by atoms with E-state index in [1.165, 1.54) is 0 Å². The van der Waals surface area contributed by atoms with E-state index >= 15 is 0 Å². The Morgan fingerprint density at radius 1 is 1.14 bits per heavy atom. The molecule has 1 amide bonds. The largest absolute Gasteiger partial charge is 0.480 e. The number of aliphatic carboxylic acids is 1. The number of fused-ring (bicyclic) bond motifs is 2. The molecule has 4 unspecified atom stereocenters. The highest BCUT2D eigenvalue weighted by molar-refractivity contribution is 5.92. The van der Waals surface area contributed by atoms with Crippen molar-refractivity contribution in [1.82, 2.24) is 5.32 Å². The summed E-state index contributed by atoms with van der Waals surface area (Å²) in [5.41, 5.74) is 0.388. The number of nitrogens with one attached hydrogen (secondary N) is 1. The highest BCUT2D eigenvalue weighted by Crippen LogP contribution is 2.61. The summed E-state index contributed by atoms with van der Waals surface area (Å²) in [6.07, 6.45) is 4.36. The molecule has 1 aliphatic heterocycles. The van der Waals surface area contributed by atoms with Crippen molar-refractivity contribution in [2.45, 2.75) is 75.6 Å². The minimum absolute atomic E-state index is 0.0931. The quantitative estimate of drug-likeness (QED) is 0.539. The number of para-hydroxylation sites is 1. The third-order valence-corrected chi connectivity index (χ3v) is 8.15. The number of hydrogen-bond donors (Lipinski definition) is 2. The summed E-state index contributed by atoms with van der Waals surface area (Å²) in [6.45, 7) is 2.25. The molecule has 0 aromatic heterocycles. The van der Waals surface area contributed by atoms with E-state index in [9.17, 15) is 19.5 Å². The number of carboxylic acids is 1. The molecule has 5 rings (SSSR count). The van der Waals surface area contributed by atoms with Crippen LogP contribution in [0.1, 0.15) is 62.5 Å². The number of nitrogens with zero attached hydrogens (tertiary/aromatic N) is 1. The number of carbonyl (C=O) groups excluding carboxylic acids is 2. The fraction of sp³-hybridized carbons (Fsp3) is 0.464. The van der Waals surface area contributed by atoms with Crippen LogP contribution >= 0.6 is 0 Å². The second kappa shape index (κ2) is 9.11. The van der Waals surface area contributed by atoms with Crippen LogP contribution in [0.15, 0.2) is 54.6 Å². The van der Waals surface area contributed by atoms with Crippen molar-refractivity contribution >= 4 is 24.0 Å². The van der Waals surface area contributed by atoms with Gasteiger partial charge < -0.3 is 14.6 Å². The normalized spacial score (nSPS) is 26.8. The third-order valence-electron chi connectivity index (χ3n) is 8.15. The predicted molar refractivity (Wildman–Crippen MR) is 131 cm³/mol. The lowest BCUT2D eigenvalue weighted by Gasteiger charge is -2.55. The van der Waals surface area contributed by atoms with Gasteiger partial charge in [0, 0.05) is 24.4 Å². The van der Waals surface area contributed by atoms with Gasteiger partial charge in [0.05, 0.1) is 5.69 Å². The molecule has 2 fully saturated rings. The molecule has 3 aliphatic rings. The van der Waals surface area contributed by atoms with Crippen molar-refractivity contribution < 1.29 is 24.2 Å². The fourth-order valence-corrected chi connectivity index (χ4v) is 6.51. The van der Waals surface area contributed by atoms with Gasteiger partial charge in [-0.25, -0.2) is 4.79 Å². The van der Waals surface area contributed by atoms with Crippen LogP contribution < -0.4 is 10.2 Å². The van der Waals surface area contributed by atoms with Crippen molar-refractivity contribution in [3.63, 3.8) is 0 Å². The Bertz CT molecular complexity index is 1120. The van der Waals surface area contributed by atoms with Crippen LogP contribution in [0.3, 0.4) is 0 Å². The zero-order chi connectivity index (χ0) is 24.6. The molecule has 0 bridgehead atoms. The summed E-state index contributed by atoms with van der Waals surface area (Å²) in [5.74, 6) is -1.48. The molecule has 1 heterocycles. The van der Waals surface area contributed by atoms with Crippen molar-refractivity contribution in [1.29, 1.82) is 0 Å². The van der Waals surface area contributed by atoms with E-state index in [4.69, 9.17) is 4.74 Å². The van der Waals surface area contributed by atoms with E-state index in [1.807, 2.05) is 54.6 Å². The fourth-order valence-electron chi connectivity index (χ4n) is 6.51. The van der Waals surface area contributed by atoms with Gasteiger partial charge in [-0.05, 0) is 48.3 Å². The van der Waals surface area contributed by atoms with E-state index in [0.717, 1.165) is 49.5 Å². The number of ether oxygens (including phenoxy) is 1. The monoisotopic (exact) mass is 476 g/mol. The lowest BCUT2D eigenvalue weighted by molar-refractivity contribution is -0.149. The number of rotatable bonds is 8. The number of amides is 1. The second-order valence-corrected chi connectivity index (χ2v) is 10.4. The van der Waals surface area contributed by atoms with Gasteiger partial charge >= 0.3 is 12.1 Å². The Labute approximate surface area is 205 Å². The van der Waals surface area contributed by atoms with Crippen LogP contribution in [0.5, 0.6) is 0 Å². The van der Waals surface area contributed by atoms with Crippen LogP contribution in [0.2, 0.25) is 0 Å². The van der Waals surface area contributed by atoms with Gasteiger partial charge in [0.1, 0.15) is 18.4 Å². The highest BCUT2D eigenvalue weighted by atomic mass is 16.6. The van der Waals surface area contributed by atoms with Crippen LogP contribution in [0.4, 0.5) is 10.5 Å². The number of carbonyl (C=O) groups is 3. The lowest BCUT2D eigenvalue weighted by Crippen LogP contribution is -2.65. The molecule has 35 heavy (non-hydrogen) atoms. The average Bonchev–Trinajstić information content (AvgIpc) is 3.58. The van der Waals surface area contributed by atoms with Crippen LogP contribution in [0.25, 0.3) is 0 Å². The van der Waals surface area contributed by atoms with Gasteiger partial charge in [0.25, 0.3) is 0 Å². The second-order valence-electron chi connectivity index (χ2n) is 10.4. The lowest BCUT2D eigenvalue weighted by atomic mass is 9.58. The van der Waals surface area contributed by atoms with Crippen LogP contribution in [-0.4, -0.2) is 41.1 Å². The Hall–Kier alpha value is -3.19. The topological polar surface area (TPSA) is 95.9 Å². The molecule has 0 spiro atoms. The summed E-state index contributed by atoms with van der Waals surface area (Å²) in [7, 11) is 0. The molecule has 4 atom stereocenters. The molecular weight excluding hydrogens is 444 g/mol. The zero-order valence-electron chi connectivity index (χ0n) is 20.0. The first-order chi connectivity index (χ1) is 16.9. The number of hydrogen-bond acceptors (Lipinski definition) is 5. The maximum atomic E-state index is 13.5. The summed E-state index contributed by atoms with van der Waals surface area (Å²) < 4.78 is 5.77. The first-order valence-corrected chi connectivity index (χ1v) is 12.4. The summed E-state index contributed by atoms with van der Waals surface area (Å²) in [5, 5.41) is 14.0. The molecule has 2 aromatic rings. The van der Waals surface area contributed by atoms with E-state index in [1.54, 1.807) is 4.90 Å². The van der Waals surface area contributed by atoms with Crippen molar-refractivity contribution in [2.75, 3.05) is 4.90 Å². The van der Waals surface area contributed by atoms with Gasteiger partial charge in [-0.1, -0.05) is 61.9 Å². The van der Waals surface area contributed by atoms with Gasteiger partial charge in [-0.3, -0.25) is 15.0 Å². The minimum atomic E-state index is -1.43. The molecular formula is C28H32N2O5. The number of benzene rings is 2. The third kappa shape index (κ3) is 4.01. The van der Waals surface area contributed by atoms with Gasteiger partial charge in [0.15, 0.2) is 0 Å². The van der Waals surface area contributed by atoms with Crippen molar-refractivity contribution in [3.8, 4) is 0 Å². The molecule has 2 N–H and O–H groups in total. The minimum Gasteiger partial charge on any atom is -0.480 e. The van der Waals surface area contributed by atoms with Crippen LogP contribution in [0, 0.1) is 5.41 Å². The van der Waals surface area contributed by atoms with E-state index in [0.29, 0.717) is 5.69 Å². The maximum absolute atomic E-state index is 13.5. The Morgan fingerprint density at radius 3 is 2.54 bits per heavy atom. The van der Waals surface area contributed by atoms with Gasteiger partial charge in [0.2, 0.25) is 0 Å².